The van der Waals surface area contributed by atoms with Crippen molar-refractivity contribution in [3.8, 4) is 9.88 Å². The Balaban J connectivity index is 1.45. The van der Waals surface area contributed by atoms with Crippen LogP contribution in [-0.4, -0.2) is 15.9 Å². The van der Waals surface area contributed by atoms with E-state index in [1.165, 1.54) is 22.7 Å². The standard InChI is InChI=1S/C16H10N2O2S3/c19-16(11-9-22-15(18-11)13-6-3-7-21-13)20-8-14-17-10-4-1-2-5-12(10)23-14/h1-7,9H,8H2. The van der Waals surface area contributed by atoms with Crippen LogP contribution in [0.5, 0.6) is 0 Å². The molecule has 0 saturated heterocycles. The zero-order valence-corrected chi connectivity index (χ0v) is 14.2. The summed E-state index contributed by atoms with van der Waals surface area (Å²) in [6.45, 7) is 0.171. The Morgan fingerprint density at radius 1 is 1.09 bits per heavy atom. The van der Waals surface area contributed by atoms with Gasteiger partial charge in [0.1, 0.15) is 16.6 Å². The average Bonchev–Trinajstić information content (AvgIpc) is 3.31. The van der Waals surface area contributed by atoms with E-state index in [0.29, 0.717) is 5.69 Å². The van der Waals surface area contributed by atoms with E-state index >= 15 is 0 Å². The van der Waals surface area contributed by atoms with Gasteiger partial charge in [0, 0.05) is 5.38 Å². The normalized spacial score (nSPS) is 11.0. The third kappa shape index (κ3) is 3.03. The highest BCUT2D eigenvalue weighted by Gasteiger charge is 2.14. The number of carbonyl (C=O) groups excluding carboxylic acids is 1. The number of rotatable bonds is 4. The highest BCUT2D eigenvalue weighted by atomic mass is 32.1. The summed E-state index contributed by atoms with van der Waals surface area (Å²) in [5, 5.41) is 5.35. The summed E-state index contributed by atoms with van der Waals surface area (Å²) in [5.41, 5.74) is 1.27. The monoisotopic (exact) mass is 358 g/mol. The molecule has 4 aromatic rings. The fourth-order valence-electron chi connectivity index (χ4n) is 2.06. The number of thiazole rings is 2. The van der Waals surface area contributed by atoms with Crippen molar-refractivity contribution in [3.05, 3.63) is 57.9 Å². The van der Waals surface area contributed by atoms with E-state index in [4.69, 9.17) is 4.74 Å². The Morgan fingerprint density at radius 3 is 2.83 bits per heavy atom. The first-order valence-electron chi connectivity index (χ1n) is 6.80. The highest BCUT2D eigenvalue weighted by molar-refractivity contribution is 7.20. The minimum Gasteiger partial charge on any atom is -0.454 e. The van der Waals surface area contributed by atoms with Crippen LogP contribution >= 0.6 is 34.0 Å². The highest BCUT2D eigenvalue weighted by Crippen LogP contribution is 2.28. The first-order chi connectivity index (χ1) is 11.3. The van der Waals surface area contributed by atoms with Gasteiger partial charge in [0.25, 0.3) is 0 Å². The second-order valence-electron chi connectivity index (χ2n) is 4.67. The summed E-state index contributed by atoms with van der Waals surface area (Å²) in [6, 6.07) is 11.8. The summed E-state index contributed by atoms with van der Waals surface area (Å²) in [5.74, 6) is -0.414. The lowest BCUT2D eigenvalue weighted by Crippen LogP contribution is -2.05. The Morgan fingerprint density at radius 2 is 2.00 bits per heavy atom. The van der Waals surface area contributed by atoms with E-state index < -0.39 is 5.97 Å². The number of ether oxygens (including phenoxy) is 1. The van der Waals surface area contributed by atoms with E-state index in [9.17, 15) is 4.79 Å². The molecule has 0 fully saturated rings. The van der Waals surface area contributed by atoms with Crippen LogP contribution in [0.15, 0.2) is 47.2 Å². The van der Waals surface area contributed by atoms with Crippen LogP contribution in [0.25, 0.3) is 20.1 Å². The van der Waals surface area contributed by atoms with Crippen molar-refractivity contribution in [1.29, 1.82) is 0 Å². The topological polar surface area (TPSA) is 52.1 Å². The number of hydrogen-bond acceptors (Lipinski definition) is 7. The average molecular weight is 358 g/mol. The summed E-state index contributed by atoms with van der Waals surface area (Å²) in [6.07, 6.45) is 0. The fraction of sp³-hybridized carbons (Fsp3) is 0.0625. The molecule has 0 amide bonds. The van der Waals surface area contributed by atoms with Gasteiger partial charge in [-0.25, -0.2) is 14.8 Å². The minimum atomic E-state index is -0.414. The third-order valence-electron chi connectivity index (χ3n) is 3.11. The van der Waals surface area contributed by atoms with Crippen LogP contribution in [0.3, 0.4) is 0 Å². The Kier molecular flexibility index (Phi) is 3.90. The molecule has 0 aliphatic carbocycles. The van der Waals surface area contributed by atoms with E-state index in [0.717, 1.165) is 25.1 Å². The van der Waals surface area contributed by atoms with Crippen molar-refractivity contribution in [1.82, 2.24) is 9.97 Å². The van der Waals surface area contributed by atoms with Gasteiger partial charge in [-0.2, -0.15) is 0 Å². The lowest BCUT2D eigenvalue weighted by atomic mass is 10.3. The maximum Gasteiger partial charge on any atom is 0.358 e. The van der Waals surface area contributed by atoms with E-state index in [-0.39, 0.29) is 6.61 Å². The van der Waals surface area contributed by atoms with Gasteiger partial charge in [0.05, 0.1) is 15.1 Å². The minimum absolute atomic E-state index is 0.171. The van der Waals surface area contributed by atoms with Gasteiger partial charge in [-0.15, -0.1) is 34.0 Å². The second kappa shape index (κ2) is 6.19. The van der Waals surface area contributed by atoms with Gasteiger partial charge >= 0.3 is 5.97 Å². The number of para-hydroxylation sites is 1. The van der Waals surface area contributed by atoms with Gasteiger partial charge < -0.3 is 4.74 Å². The molecule has 7 heteroatoms. The maximum atomic E-state index is 12.1. The predicted octanol–water partition coefficient (Wildman–Crippen LogP) is 4.84. The molecule has 0 spiro atoms. The van der Waals surface area contributed by atoms with Crippen LogP contribution < -0.4 is 0 Å². The zero-order valence-electron chi connectivity index (χ0n) is 11.8. The molecule has 0 radical (unpaired) electrons. The molecule has 4 rings (SSSR count). The summed E-state index contributed by atoms with van der Waals surface area (Å²) >= 11 is 4.58. The number of thiophene rings is 1. The first-order valence-corrected chi connectivity index (χ1v) is 9.38. The molecule has 0 saturated carbocycles. The van der Waals surface area contributed by atoms with Gasteiger partial charge in [-0.1, -0.05) is 18.2 Å². The summed E-state index contributed by atoms with van der Waals surface area (Å²) < 4.78 is 6.42. The molecule has 0 atom stereocenters. The van der Waals surface area contributed by atoms with Crippen molar-refractivity contribution in [2.45, 2.75) is 6.61 Å². The quantitative estimate of drug-likeness (QED) is 0.490. The summed E-state index contributed by atoms with van der Waals surface area (Å²) in [7, 11) is 0. The van der Waals surface area contributed by atoms with Crippen LogP contribution in [0.4, 0.5) is 0 Å². The molecule has 4 nitrogen and oxygen atoms in total. The van der Waals surface area contributed by atoms with Crippen molar-refractivity contribution < 1.29 is 9.53 Å². The Bertz CT molecular complexity index is 924. The van der Waals surface area contributed by atoms with Gasteiger partial charge in [-0.3, -0.25) is 0 Å². The number of aromatic nitrogens is 2. The van der Waals surface area contributed by atoms with Gasteiger partial charge in [-0.05, 0) is 23.6 Å². The largest absolute Gasteiger partial charge is 0.454 e. The van der Waals surface area contributed by atoms with Crippen LogP contribution in [0, 0.1) is 0 Å². The van der Waals surface area contributed by atoms with Crippen molar-refractivity contribution in [2.24, 2.45) is 0 Å². The number of carbonyl (C=O) groups is 1. The van der Waals surface area contributed by atoms with Gasteiger partial charge in [0.15, 0.2) is 5.69 Å². The first kappa shape index (κ1) is 14.5. The molecule has 0 N–H and O–H groups in total. The van der Waals surface area contributed by atoms with Crippen LogP contribution in [0.1, 0.15) is 15.5 Å². The van der Waals surface area contributed by atoms with Gasteiger partial charge in [0.2, 0.25) is 0 Å². The van der Waals surface area contributed by atoms with Crippen molar-refractivity contribution >= 4 is 50.2 Å². The Labute approximate surface area is 144 Å². The molecule has 0 aliphatic rings. The number of nitrogens with zero attached hydrogens (tertiary/aromatic N) is 2. The molecule has 3 heterocycles. The van der Waals surface area contributed by atoms with Crippen LogP contribution in [0.2, 0.25) is 0 Å². The Hall–Kier alpha value is -2.09. The number of esters is 1. The molecule has 23 heavy (non-hydrogen) atoms. The fourth-order valence-corrected chi connectivity index (χ4v) is 4.55. The predicted molar refractivity (Wildman–Crippen MR) is 94.2 cm³/mol. The maximum absolute atomic E-state index is 12.1. The van der Waals surface area contributed by atoms with Crippen molar-refractivity contribution in [2.75, 3.05) is 0 Å². The molecule has 3 aromatic heterocycles. The van der Waals surface area contributed by atoms with Crippen molar-refractivity contribution in [3.63, 3.8) is 0 Å². The molecule has 0 unspecified atom stereocenters. The molecular formula is C16H10N2O2S3. The van der Waals surface area contributed by atoms with E-state index in [1.807, 2.05) is 41.8 Å². The molecule has 0 aliphatic heterocycles. The number of benzene rings is 1. The lowest BCUT2D eigenvalue weighted by molar-refractivity contribution is 0.0466. The second-order valence-corrected chi connectivity index (χ2v) is 7.59. The van der Waals surface area contributed by atoms with Crippen LogP contribution in [-0.2, 0) is 11.3 Å². The third-order valence-corrected chi connectivity index (χ3v) is 6.00. The smallest absolute Gasteiger partial charge is 0.358 e. The zero-order chi connectivity index (χ0) is 15.6. The SMILES string of the molecule is O=C(OCc1nc2ccccc2s1)c1csc(-c2cccs2)n1. The number of hydrogen-bond donors (Lipinski definition) is 0. The van der Waals surface area contributed by atoms with E-state index in [2.05, 4.69) is 9.97 Å². The lowest BCUT2D eigenvalue weighted by Gasteiger charge is -1.99. The molecule has 1 aromatic carbocycles. The molecular weight excluding hydrogens is 348 g/mol. The molecule has 0 bridgehead atoms. The molecule has 114 valence electrons. The van der Waals surface area contributed by atoms with E-state index in [1.54, 1.807) is 16.7 Å². The number of fused-ring (bicyclic) bond motifs is 1. The summed E-state index contributed by atoms with van der Waals surface area (Å²) in [4.78, 5) is 22.0.